The predicted molar refractivity (Wildman–Crippen MR) is 106 cm³/mol. The van der Waals surface area contributed by atoms with Gasteiger partial charge in [-0.05, 0) is 68.3 Å². The van der Waals surface area contributed by atoms with Crippen LogP contribution in [0.4, 0.5) is 17.1 Å². The Hall–Kier alpha value is -2.82. The topological polar surface area (TPSA) is 61.4 Å². The predicted octanol–water partition coefficient (Wildman–Crippen LogP) is 3.93. The van der Waals surface area contributed by atoms with Crippen LogP contribution in [0.1, 0.15) is 36.5 Å². The first-order chi connectivity index (χ1) is 12.6. The van der Waals surface area contributed by atoms with Crippen LogP contribution in [0.5, 0.6) is 0 Å². The number of carbonyl (C=O) groups is 2. The Balaban J connectivity index is 1.42. The minimum atomic E-state index is -0.0539. The van der Waals surface area contributed by atoms with Crippen LogP contribution in [0.25, 0.3) is 0 Å². The van der Waals surface area contributed by atoms with Gasteiger partial charge in [-0.3, -0.25) is 9.59 Å². The molecular formula is C21H25N3O2. The van der Waals surface area contributed by atoms with Gasteiger partial charge < -0.3 is 15.5 Å². The number of nitrogens with zero attached hydrogens (tertiary/aromatic N) is 1. The molecule has 2 aromatic carbocycles. The number of hydrogen-bond donors (Lipinski definition) is 2. The van der Waals surface area contributed by atoms with Crippen molar-refractivity contribution >= 4 is 28.8 Å². The van der Waals surface area contributed by atoms with Crippen LogP contribution in [0.2, 0.25) is 0 Å². The molecule has 1 aliphatic rings. The van der Waals surface area contributed by atoms with Gasteiger partial charge in [-0.2, -0.15) is 0 Å². The van der Waals surface area contributed by atoms with E-state index in [0.29, 0.717) is 24.2 Å². The van der Waals surface area contributed by atoms with E-state index in [0.717, 1.165) is 18.8 Å². The maximum atomic E-state index is 12.0. The molecule has 1 fully saturated rings. The molecule has 0 saturated carbocycles. The van der Waals surface area contributed by atoms with Crippen molar-refractivity contribution in [3.8, 4) is 0 Å². The van der Waals surface area contributed by atoms with Gasteiger partial charge in [-0.15, -0.1) is 0 Å². The average molecular weight is 351 g/mol. The summed E-state index contributed by atoms with van der Waals surface area (Å²) in [6.45, 7) is 4.37. The van der Waals surface area contributed by atoms with Crippen molar-refractivity contribution in [1.29, 1.82) is 0 Å². The minimum Gasteiger partial charge on any atom is -0.385 e. The number of amides is 1. The van der Waals surface area contributed by atoms with Gasteiger partial charge in [0.05, 0.1) is 0 Å². The Morgan fingerprint density at radius 1 is 0.923 bits per heavy atom. The number of carbonyl (C=O) groups excluding carboxylic acids is 2. The fraction of sp³-hybridized carbons (Fsp3) is 0.333. The fourth-order valence-electron chi connectivity index (χ4n) is 3.10. The van der Waals surface area contributed by atoms with E-state index >= 15 is 0 Å². The van der Waals surface area contributed by atoms with E-state index in [9.17, 15) is 9.59 Å². The Kier molecular flexibility index (Phi) is 5.89. The Bertz CT molecular complexity index is 748. The summed E-state index contributed by atoms with van der Waals surface area (Å²) in [6.07, 6.45) is 2.92. The molecule has 0 atom stereocenters. The molecule has 0 unspecified atom stereocenters. The van der Waals surface area contributed by atoms with Gasteiger partial charge in [-0.1, -0.05) is 0 Å². The second kappa shape index (κ2) is 8.52. The third kappa shape index (κ3) is 4.85. The van der Waals surface area contributed by atoms with Crippen molar-refractivity contribution in [3.05, 3.63) is 54.1 Å². The molecule has 0 aromatic heterocycles. The summed E-state index contributed by atoms with van der Waals surface area (Å²) in [6, 6.07) is 15.3. The van der Waals surface area contributed by atoms with Crippen LogP contribution in [0.3, 0.4) is 0 Å². The van der Waals surface area contributed by atoms with Crippen LogP contribution in [0.15, 0.2) is 48.5 Å². The Morgan fingerprint density at radius 2 is 1.54 bits per heavy atom. The number of anilines is 3. The first-order valence-electron chi connectivity index (χ1n) is 9.11. The van der Waals surface area contributed by atoms with Crippen LogP contribution >= 0.6 is 0 Å². The molecule has 1 heterocycles. The molecule has 5 heteroatoms. The highest BCUT2D eigenvalue weighted by molar-refractivity contribution is 5.95. The molecule has 1 saturated heterocycles. The number of hydrogen-bond acceptors (Lipinski definition) is 4. The molecule has 3 rings (SSSR count). The highest BCUT2D eigenvalue weighted by Gasteiger charge is 2.11. The standard InChI is InChI=1S/C21H25N3O2/c1-16(25)17-4-6-19(7-5-17)23-21(26)12-13-22-18-8-10-20(11-9-18)24-14-2-3-15-24/h4-11,22H,2-3,12-15H2,1H3,(H,23,26). The van der Waals surface area contributed by atoms with Crippen molar-refractivity contribution in [2.24, 2.45) is 0 Å². The monoisotopic (exact) mass is 351 g/mol. The summed E-state index contributed by atoms with van der Waals surface area (Å²) in [5.74, 6) is -0.0374. The molecule has 26 heavy (non-hydrogen) atoms. The molecule has 0 radical (unpaired) electrons. The summed E-state index contributed by atoms with van der Waals surface area (Å²) in [5.41, 5.74) is 3.63. The Morgan fingerprint density at radius 3 is 2.15 bits per heavy atom. The van der Waals surface area contributed by atoms with Gasteiger partial charge >= 0.3 is 0 Å². The quantitative estimate of drug-likeness (QED) is 0.742. The molecule has 0 spiro atoms. The highest BCUT2D eigenvalue weighted by Crippen LogP contribution is 2.22. The third-order valence-corrected chi connectivity index (χ3v) is 4.59. The van der Waals surface area contributed by atoms with E-state index in [4.69, 9.17) is 0 Å². The van der Waals surface area contributed by atoms with Crippen molar-refractivity contribution in [1.82, 2.24) is 0 Å². The van der Waals surface area contributed by atoms with E-state index in [-0.39, 0.29) is 11.7 Å². The lowest BCUT2D eigenvalue weighted by molar-refractivity contribution is -0.115. The Labute approximate surface area is 154 Å². The van der Waals surface area contributed by atoms with Gasteiger partial charge in [0, 0.05) is 48.7 Å². The second-order valence-electron chi connectivity index (χ2n) is 6.60. The summed E-state index contributed by atoms with van der Waals surface area (Å²) >= 11 is 0. The number of ketones is 1. The first kappa shape index (κ1) is 18.0. The molecule has 2 aromatic rings. The summed E-state index contributed by atoms with van der Waals surface area (Å²) in [7, 11) is 0. The molecule has 0 aliphatic carbocycles. The molecular weight excluding hydrogens is 326 g/mol. The van der Waals surface area contributed by atoms with Crippen molar-refractivity contribution in [2.75, 3.05) is 35.2 Å². The third-order valence-electron chi connectivity index (χ3n) is 4.59. The average Bonchev–Trinajstić information content (AvgIpc) is 3.17. The first-order valence-corrected chi connectivity index (χ1v) is 9.11. The van der Waals surface area contributed by atoms with Crippen molar-refractivity contribution in [2.45, 2.75) is 26.2 Å². The lowest BCUT2D eigenvalue weighted by Crippen LogP contribution is -2.17. The lowest BCUT2D eigenvalue weighted by atomic mass is 10.1. The van der Waals surface area contributed by atoms with Gasteiger partial charge in [-0.25, -0.2) is 0 Å². The zero-order valence-electron chi connectivity index (χ0n) is 15.1. The van der Waals surface area contributed by atoms with Crippen LogP contribution in [-0.2, 0) is 4.79 Å². The SMILES string of the molecule is CC(=O)c1ccc(NC(=O)CCNc2ccc(N3CCCC3)cc2)cc1. The van der Waals surface area contributed by atoms with Crippen molar-refractivity contribution in [3.63, 3.8) is 0 Å². The minimum absolute atomic E-state index is 0.0165. The van der Waals surface area contributed by atoms with Gasteiger partial charge in [0.25, 0.3) is 0 Å². The number of nitrogens with one attached hydrogen (secondary N) is 2. The number of benzene rings is 2. The van der Waals surface area contributed by atoms with Crippen molar-refractivity contribution < 1.29 is 9.59 Å². The van der Waals surface area contributed by atoms with Gasteiger partial charge in [0.15, 0.2) is 5.78 Å². The fourth-order valence-corrected chi connectivity index (χ4v) is 3.10. The maximum absolute atomic E-state index is 12.0. The van der Waals surface area contributed by atoms with E-state index in [1.165, 1.54) is 25.5 Å². The zero-order valence-corrected chi connectivity index (χ0v) is 15.1. The molecule has 1 amide bonds. The largest absolute Gasteiger partial charge is 0.385 e. The summed E-state index contributed by atoms with van der Waals surface area (Å²) in [4.78, 5) is 25.7. The molecule has 136 valence electrons. The second-order valence-corrected chi connectivity index (χ2v) is 6.60. The van der Waals surface area contributed by atoms with E-state index in [1.807, 2.05) is 0 Å². The zero-order chi connectivity index (χ0) is 18.4. The summed E-state index contributed by atoms with van der Waals surface area (Å²) < 4.78 is 0. The van der Waals surface area contributed by atoms with Crippen LogP contribution in [-0.4, -0.2) is 31.3 Å². The highest BCUT2D eigenvalue weighted by atomic mass is 16.1. The van der Waals surface area contributed by atoms with E-state index in [2.05, 4.69) is 39.8 Å². The summed E-state index contributed by atoms with van der Waals surface area (Å²) in [5, 5.41) is 6.12. The smallest absolute Gasteiger partial charge is 0.226 e. The van der Waals surface area contributed by atoms with Gasteiger partial charge in [0.1, 0.15) is 0 Å². The normalized spacial score (nSPS) is 13.5. The van der Waals surface area contributed by atoms with E-state index in [1.54, 1.807) is 24.3 Å². The molecule has 2 N–H and O–H groups in total. The molecule has 0 bridgehead atoms. The lowest BCUT2D eigenvalue weighted by Gasteiger charge is -2.18. The number of Topliss-reactive ketones (excluding diaryl/α,β-unsaturated/α-hetero) is 1. The van der Waals surface area contributed by atoms with E-state index < -0.39 is 0 Å². The van der Waals surface area contributed by atoms with Gasteiger partial charge in [0.2, 0.25) is 5.91 Å². The number of rotatable bonds is 7. The maximum Gasteiger partial charge on any atom is 0.226 e. The van der Waals surface area contributed by atoms with Crippen LogP contribution in [0, 0.1) is 0 Å². The molecule has 5 nitrogen and oxygen atoms in total. The molecule has 1 aliphatic heterocycles. The van der Waals surface area contributed by atoms with Crippen LogP contribution < -0.4 is 15.5 Å².